The molecule has 1 aliphatic carbocycles. The lowest BCUT2D eigenvalue weighted by atomic mass is 10.1. The van der Waals surface area contributed by atoms with E-state index in [9.17, 15) is 19.8 Å². The Morgan fingerprint density at radius 2 is 2.17 bits per heavy atom. The molecule has 1 aromatic heterocycles. The van der Waals surface area contributed by atoms with Crippen LogP contribution in [0.2, 0.25) is 0 Å². The van der Waals surface area contributed by atoms with Crippen LogP contribution in [-0.4, -0.2) is 45.7 Å². The molecule has 1 aliphatic rings. The van der Waals surface area contributed by atoms with Gasteiger partial charge in [-0.05, 0) is 6.42 Å². The minimum Gasteiger partial charge on any atom is -0.390 e. The summed E-state index contributed by atoms with van der Waals surface area (Å²) in [5.41, 5.74) is -1.07. The van der Waals surface area contributed by atoms with Crippen molar-refractivity contribution in [3.63, 3.8) is 0 Å². The van der Waals surface area contributed by atoms with Crippen molar-refractivity contribution < 1.29 is 14.9 Å². The van der Waals surface area contributed by atoms with Crippen molar-refractivity contribution in [2.24, 2.45) is 5.92 Å². The lowest BCUT2D eigenvalue weighted by Crippen LogP contribution is -2.37. The van der Waals surface area contributed by atoms with E-state index in [4.69, 9.17) is 4.74 Å². The lowest BCUT2D eigenvalue weighted by Gasteiger charge is -2.18. The average molecular weight is 256 g/mol. The van der Waals surface area contributed by atoms with Gasteiger partial charge in [0.25, 0.3) is 5.56 Å². The first-order valence-electron chi connectivity index (χ1n) is 5.71. The third-order valence-corrected chi connectivity index (χ3v) is 3.36. The zero-order chi connectivity index (χ0) is 13.3. The van der Waals surface area contributed by atoms with Crippen LogP contribution in [0.4, 0.5) is 0 Å². The van der Waals surface area contributed by atoms with Crippen LogP contribution in [0.5, 0.6) is 0 Å². The Morgan fingerprint density at radius 1 is 1.44 bits per heavy atom. The minimum absolute atomic E-state index is 0.228. The van der Waals surface area contributed by atoms with Crippen LogP contribution in [0.1, 0.15) is 12.5 Å². The van der Waals surface area contributed by atoms with Gasteiger partial charge < -0.3 is 14.9 Å². The zero-order valence-corrected chi connectivity index (χ0v) is 9.94. The van der Waals surface area contributed by atoms with Gasteiger partial charge in [-0.15, -0.1) is 0 Å². The first kappa shape index (κ1) is 13.0. The largest absolute Gasteiger partial charge is 0.390 e. The SMILES string of the molecule is COCC1CC(n2ccc(=O)[nH]c2=O)C(O)C1O. The van der Waals surface area contributed by atoms with Gasteiger partial charge in [0.2, 0.25) is 0 Å². The summed E-state index contributed by atoms with van der Waals surface area (Å²) in [4.78, 5) is 24.7. The molecule has 3 N–H and O–H groups in total. The molecular formula is C11H16N2O5. The number of aliphatic hydroxyl groups is 2. The molecule has 0 spiro atoms. The van der Waals surface area contributed by atoms with Crippen LogP contribution >= 0.6 is 0 Å². The number of aliphatic hydroxyl groups excluding tert-OH is 2. The number of H-pyrrole nitrogens is 1. The predicted octanol–water partition coefficient (Wildman–Crippen LogP) is -1.53. The highest BCUT2D eigenvalue weighted by Gasteiger charge is 2.42. The first-order valence-corrected chi connectivity index (χ1v) is 5.71. The molecule has 1 fully saturated rings. The zero-order valence-electron chi connectivity index (χ0n) is 9.94. The van der Waals surface area contributed by atoms with Gasteiger partial charge in [0, 0.05) is 25.3 Å². The minimum atomic E-state index is -1.05. The molecule has 7 heteroatoms. The summed E-state index contributed by atoms with van der Waals surface area (Å²) >= 11 is 0. The number of ether oxygens (including phenoxy) is 1. The van der Waals surface area contributed by atoms with Gasteiger partial charge in [0.15, 0.2) is 0 Å². The topological polar surface area (TPSA) is 105 Å². The molecule has 7 nitrogen and oxygen atoms in total. The van der Waals surface area contributed by atoms with Gasteiger partial charge in [-0.25, -0.2) is 4.79 Å². The van der Waals surface area contributed by atoms with E-state index in [2.05, 4.69) is 4.98 Å². The molecule has 1 aromatic rings. The predicted molar refractivity (Wildman–Crippen MR) is 62.4 cm³/mol. The van der Waals surface area contributed by atoms with E-state index < -0.39 is 29.5 Å². The normalized spacial score (nSPS) is 31.7. The summed E-state index contributed by atoms with van der Waals surface area (Å²) in [6, 6.07) is 0.661. The number of rotatable bonds is 3. The quantitative estimate of drug-likeness (QED) is 0.608. The molecule has 0 bridgehead atoms. The van der Waals surface area contributed by atoms with Gasteiger partial charge in [-0.2, -0.15) is 0 Å². The number of aromatic amines is 1. The molecule has 0 aromatic carbocycles. The maximum Gasteiger partial charge on any atom is 0.328 e. The molecule has 4 unspecified atom stereocenters. The van der Waals surface area contributed by atoms with Crippen molar-refractivity contribution in [1.82, 2.24) is 9.55 Å². The number of methoxy groups -OCH3 is 1. The lowest BCUT2D eigenvalue weighted by molar-refractivity contribution is -0.00959. The Labute approximate surface area is 103 Å². The smallest absolute Gasteiger partial charge is 0.328 e. The van der Waals surface area contributed by atoms with Crippen LogP contribution in [0.25, 0.3) is 0 Å². The van der Waals surface area contributed by atoms with Crippen molar-refractivity contribution in [2.45, 2.75) is 24.7 Å². The second-order valence-corrected chi connectivity index (χ2v) is 4.52. The van der Waals surface area contributed by atoms with Crippen molar-refractivity contribution in [2.75, 3.05) is 13.7 Å². The molecule has 100 valence electrons. The third kappa shape index (κ3) is 2.24. The van der Waals surface area contributed by atoms with E-state index in [0.29, 0.717) is 13.0 Å². The molecule has 0 saturated heterocycles. The molecule has 0 aliphatic heterocycles. The van der Waals surface area contributed by atoms with E-state index in [-0.39, 0.29) is 5.92 Å². The number of hydrogen-bond acceptors (Lipinski definition) is 5. The Morgan fingerprint density at radius 3 is 2.78 bits per heavy atom. The summed E-state index contributed by atoms with van der Waals surface area (Å²) in [6.07, 6.45) is -0.235. The third-order valence-electron chi connectivity index (χ3n) is 3.36. The van der Waals surface area contributed by atoms with E-state index in [1.165, 1.54) is 23.9 Å². The molecule has 4 atom stereocenters. The second kappa shape index (κ2) is 5.05. The molecule has 1 saturated carbocycles. The van der Waals surface area contributed by atoms with Gasteiger partial charge in [0.05, 0.1) is 18.8 Å². The molecular weight excluding hydrogens is 240 g/mol. The van der Waals surface area contributed by atoms with Gasteiger partial charge >= 0.3 is 5.69 Å². The summed E-state index contributed by atoms with van der Waals surface area (Å²) in [5.74, 6) is -0.228. The number of nitrogens with zero attached hydrogens (tertiary/aromatic N) is 1. The van der Waals surface area contributed by atoms with Crippen molar-refractivity contribution >= 4 is 0 Å². The highest BCUT2D eigenvalue weighted by Crippen LogP contribution is 2.34. The fraction of sp³-hybridized carbons (Fsp3) is 0.636. The highest BCUT2D eigenvalue weighted by molar-refractivity contribution is 4.97. The fourth-order valence-corrected chi connectivity index (χ4v) is 2.44. The van der Waals surface area contributed by atoms with Crippen molar-refractivity contribution in [1.29, 1.82) is 0 Å². The Kier molecular flexibility index (Phi) is 3.65. The summed E-state index contributed by atoms with van der Waals surface area (Å²) in [6.45, 7) is 0.312. The van der Waals surface area contributed by atoms with E-state index in [1.807, 2.05) is 0 Å². The van der Waals surface area contributed by atoms with Crippen LogP contribution in [0.3, 0.4) is 0 Å². The molecule has 1 heterocycles. The second-order valence-electron chi connectivity index (χ2n) is 4.52. The molecule has 0 radical (unpaired) electrons. The summed E-state index contributed by atoms with van der Waals surface area (Å²) < 4.78 is 6.20. The Bertz CT molecular complexity index is 523. The van der Waals surface area contributed by atoms with Gasteiger partial charge in [-0.3, -0.25) is 14.3 Å². The maximum absolute atomic E-state index is 11.6. The molecule has 2 rings (SSSR count). The Hall–Kier alpha value is -1.44. The van der Waals surface area contributed by atoms with E-state index in [1.54, 1.807) is 0 Å². The van der Waals surface area contributed by atoms with Gasteiger partial charge in [0.1, 0.15) is 6.10 Å². The first-order chi connectivity index (χ1) is 8.54. The van der Waals surface area contributed by atoms with Crippen LogP contribution in [0, 0.1) is 5.92 Å². The highest BCUT2D eigenvalue weighted by atomic mass is 16.5. The molecule has 0 amide bonds. The number of hydrogen-bond donors (Lipinski definition) is 3. The standard InChI is InChI=1S/C11H16N2O5/c1-18-5-6-4-7(10(16)9(6)15)13-3-2-8(14)12-11(13)17/h2-3,6-7,9-10,15-16H,4-5H2,1H3,(H,12,14,17). The monoisotopic (exact) mass is 256 g/mol. The average Bonchev–Trinajstić information content (AvgIpc) is 2.58. The summed E-state index contributed by atoms with van der Waals surface area (Å²) in [7, 11) is 1.51. The maximum atomic E-state index is 11.6. The van der Waals surface area contributed by atoms with Crippen molar-refractivity contribution in [3.8, 4) is 0 Å². The van der Waals surface area contributed by atoms with E-state index in [0.717, 1.165) is 0 Å². The number of aromatic nitrogens is 2. The van der Waals surface area contributed by atoms with Gasteiger partial charge in [-0.1, -0.05) is 0 Å². The van der Waals surface area contributed by atoms with Crippen LogP contribution < -0.4 is 11.2 Å². The molecule has 18 heavy (non-hydrogen) atoms. The Balaban J connectivity index is 2.29. The van der Waals surface area contributed by atoms with Crippen LogP contribution in [0.15, 0.2) is 21.9 Å². The van der Waals surface area contributed by atoms with Crippen molar-refractivity contribution in [3.05, 3.63) is 33.1 Å². The fourth-order valence-electron chi connectivity index (χ4n) is 2.44. The van der Waals surface area contributed by atoms with Crippen LogP contribution in [-0.2, 0) is 4.74 Å². The number of nitrogens with one attached hydrogen (secondary N) is 1. The summed E-state index contributed by atoms with van der Waals surface area (Å²) in [5, 5.41) is 19.8. The van der Waals surface area contributed by atoms with E-state index >= 15 is 0 Å².